The maximum Gasteiger partial charge on any atom is 0.297 e. The Morgan fingerprint density at radius 1 is 1.34 bits per heavy atom. The van der Waals surface area contributed by atoms with Gasteiger partial charge in [0.1, 0.15) is 23.0 Å². The highest BCUT2D eigenvalue weighted by Crippen LogP contribution is 2.42. The molecular weight excluding hydrogens is 423 g/mol. The number of nitrogens with one attached hydrogen (secondary N) is 2. The van der Waals surface area contributed by atoms with Crippen LogP contribution in [-0.4, -0.2) is 29.1 Å². The molecule has 1 aromatic carbocycles. The Morgan fingerprint density at radius 2 is 2.14 bits per heavy atom. The van der Waals surface area contributed by atoms with Crippen LogP contribution in [0.15, 0.2) is 30.5 Å². The van der Waals surface area contributed by atoms with Gasteiger partial charge in [0.25, 0.3) is 5.92 Å². The van der Waals surface area contributed by atoms with E-state index in [1.54, 1.807) is 6.20 Å². The van der Waals surface area contributed by atoms with Crippen LogP contribution >= 0.6 is 23.8 Å². The largest absolute Gasteiger partial charge is 0.377 e. The molecule has 4 nitrogen and oxygen atoms in total. The van der Waals surface area contributed by atoms with Gasteiger partial charge in [0.15, 0.2) is 0 Å². The topological polar surface area (TPSA) is 46.2 Å². The van der Waals surface area contributed by atoms with E-state index >= 15 is 0 Å². The van der Waals surface area contributed by atoms with E-state index < -0.39 is 23.9 Å². The number of ether oxygens (including phenoxy) is 1. The third kappa shape index (κ3) is 3.69. The second-order valence-corrected chi connectivity index (χ2v) is 8.43. The molecule has 2 aromatic rings. The molecule has 1 aliphatic heterocycles. The van der Waals surface area contributed by atoms with Crippen LogP contribution in [0, 0.1) is 5.82 Å². The SMILES string of the molecule is CC1(c2cc(NC3CCc4cc(Cl)cnc43)ccc2F)NC(=S)COCC1(F)F. The van der Waals surface area contributed by atoms with E-state index in [2.05, 4.69) is 15.6 Å². The van der Waals surface area contributed by atoms with Crippen molar-refractivity contribution in [2.24, 2.45) is 0 Å². The molecule has 4 rings (SSSR count). The number of fused-ring (bicyclic) bond motifs is 1. The minimum atomic E-state index is -3.37. The van der Waals surface area contributed by atoms with Gasteiger partial charge in [0.2, 0.25) is 0 Å². The number of anilines is 1. The molecular formula is C20H19ClF3N3OS. The average molecular weight is 442 g/mol. The second kappa shape index (κ2) is 7.41. The van der Waals surface area contributed by atoms with Crippen LogP contribution < -0.4 is 10.6 Å². The van der Waals surface area contributed by atoms with Crippen molar-refractivity contribution >= 4 is 34.5 Å². The number of aromatic nitrogens is 1. The lowest BCUT2D eigenvalue weighted by Crippen LogP contribution is -2.56. The van der Waals surface area contributed by atoms with Crippen LogP contribution in [0.3, 0.4) is 0 Å². The normalized spacial score (nSPS) is 25.8. The maximum atomic E-state index is 14.9. The van der Waals surface area contributed by atoms with E-state index in [-0.39, 0.29) is 23.2 Å². The van der Waals surface area contributed by atoms with E-state index in [4.69, 9.17) is 28.6 Å². The Hall–Kier alpha value is -1.90. The second-order valence-electron chi connectivity index (χ2n) is 7.50. The zero-order valence-corrected chi connectivity index (χ0v) is 17.1. The van der Waals surface area contributed by atoms with Crippen molar-refractivity contribution in [3.05, 3.63) is 58.1 Å². The monoisotopic (exact) mass is 441 g/mol. The summed E-state index contributed by atoms with van der Waals surface area (Å²) in [6.45, 7) is 0.256. The van der Waals surface area contributed by atoms with E-state index in [1.807, 2.05) is 6.07 Å². The van der Waals surface area contributed by atoms with Crippen LogP contribution in [0.5, 0.6) is 0 Å². The minimum absolute atomic E-state index is 0.105. The summed E-state index contributed by atoms with van der Waals surface area (Å²) in [5.74, 6) is -4.11. The summed E-state index contributed by atoms with van der Waals surface area (Å²) in [6, 6.07) is 5.87. The molecule has 0 amide bonds. The van der Waals surface area contributed by atoms with Gasteiger partial charge < -0.3 is 15.4 Å². The maximum absolute atomic E-state index is 14.9. The summed E-state index contributed by atoms with van der Waals surface area (Å²) in [7, 11) is 0. The quantitative estimate of drug-likeness (QED) is 0.672. The summed E-state index contributed by atoms with van der Waals surface area (Å²) < 4.78 is 49.4. The summed E-state index contributed by atoms with van der Waals surface area (Å²) >= 11 is 11.1. The fourth-order valence-corrected chi connectivity index (χ4v) is 4.34. The van der Waals surface area contributed by atoms with Gasteiger partial charge in [-0.2, -0.15) is 0 Å². The Morgan fingerprint density at radius 3 is 2.93 bits per heavy atom. The number of alkyl halides is 2. The van der Waals surface area contributed by atoms with Crippen molar-refractivity contribution in [2.75, 3.05) is 18.5 Å². The van der Waals surface area contributed by atoms with Crippen molar-refractivity contribution in [3.63, 3.8) is 0 Å². The molecule has 0 spiro atoms. The molecule has 2 N–H and O–H groups in total. The zero-order chi connectivity index (χ0) is 20.8. The van der Waals surface area contributed by atoms with Gasteiger partial charge in [-0.25, -0.2) is 13.2 Å². The Kier molecular flexibility index (Phi) is 5.21. The van der Waals surface area contributed by atoms with Crippen LogP contribution in [0.25, 0.3) is 0 Å². The van der Waals surface area contributed by atoms with Gasteiger partial charge in [-0.05, 0) is 49.6 Å². The number of hydrogen-bond donors (Lipinski definition) is 2. The molecule has 1 fully saturated rings. The lowest BCUT2D eigenvalue weighted by Gasteiger charge is -2.37. The Labute approximate surface area is 176 Å². The van der Waals surface area contributed by atoms with E-state index in [0.717, 1.165) is 24.1 Å². The molecule has 1 saturated heterocycles. The van der Waals surface area contributed by atoms with Crippen LogP contribution in [0.4, 0.5) is 18.9 Å². The molecule has 1 aromatic heterocycles. The number of hydrogen-bond acceptors (Lipinski definition) is 4. The Balaban J connectivity index is 1.68. The van der Waals surface area contributed by atoms with Gasteiger partial charge in [0.05, 0.1) is 23.4 Å². The highest BCUT2D eigenvalue weighted by atomic mass is 35.5. The van der Waals surface area contributed by atoms with Gasteiger partial charge in [-0.15, -0.1) is 0 Å². The number of nitrogens with zero attached hydrogens (tertiary/aromatic N) is 1. The first kappa shape index (κ1) is 20.4. The standard InChI is InChI=1S/C20H19ClF3N3OS/c1-19(20(23,24)10-28-9-17(29)27-19)14-7-13(3-4-15(14)22)26-16-5-2-11-6-12(21)8-25-18(11)16/h3-4,6-8,16,26H,2,5,9-10H2,1H3,(H,27,29). The molecule has 2 aliphatic rings. The third-order valence-corrected chi connectivity index (χ3v) is 5.91. The van der Waals surface area contributed by atoms with Crippen molar-refractivity contribution in [3.8, 4) is 0 Å². The molecule has 0 bridgehead atoms. The molecule has 2 heterocycles. The van der Waals surface area contributed by atoms with Gasteiger partial charge in [-0.3, -0.25) is 4.98 Å². The lowest BCUT2D eigenvalue weighted by atomic mass is 9.85. The number of halogens is 4. The predicted octanol–water partition coefficient (Wildman–Crippen LogP) is 4.77. The summed E-state index contributed by atoms with van der Waals surface area (Å²) in [6.07, 6.45) is 3.16. The fraction of sp³-hybridized carbons (Fsp3) is 0.400. The average Bonchev–Trinajstić information content (AvgIpc) is 2.99. The first-order valence-electron chi connectivity index (χ1n) is 9.17. The number of thiocarbonyl (C=S) groups is 1. The molecule has 2 unspecified atom stereocenters. The van der Waals surface area contributed by atoms with Crippen molar-refractivity contribution in [1.29, 1.82) is 0 Å². The molecule has 0 radical (unpaired) electrons. The molecule has 2 atom stereocenters. The molecule has 29 heavy (non-hydrogen) atoms. The summed E-state index contributed by atoms with van der Waals surface area (Å²) in [4.78, 5) is 4.50. The first-order chi connectivity index (χ1) is 13.7. The van der Waals surface area contributed by atoms with Crippen LogP contribution in [0.2, 0.25) is 5.02 Å². The fourth-order valence-electron chi connectivity index (χ4n) is 3.87. The number of aryl methyl sites for hydroxylation is 1. The summed E-state index contributed by atoms with van der Waals surface area (Å²) in [5, 5.41) is 6.46. The van der Waals surface area contributed by atoms with E-state index in [1.165, 1.54) is 25.1 Å². The number of rotatable bonds is 3. The van der Waals surface area contributed by atoms with Crippen molar-refractivity contribution in [1.82, 2.24) is 10.3 Å². The highest BCUT2D eigenvalue weighted by Gasteiger charge is 2.54. The lowest BCUT2D eigenvalue weighted by molar-refractivity contribution is -0.120. The minimum Gasteiger partial charge on any atom is -0.377 e. The summed E-state index contributed by atoms with van der Waals surface area (Å²) in [5.41, 5.74) is 0.207. The molecule has 154 valence electrons. The third-order valence-electron chi connectivity index (χ3n) is 5.48. The van der Waals surface area contributed by atoms with E-state index in [9.17, 15) is 13.2 Å². The van der Waals surface area contributed by atoms with E-state index in [0.29, 0.717) is 10.7 Å². The van der Waals surface area contributed by atoms with Gasteiger partial charge >= 0.3 is 0 Å². The smallest absolute Gasteiger partial charge is 0.297 e. The van der Waals surface area contributed by atoms with Crippen molar-refractivity contribution < 1.29 is 17.9 Å². The highest BCUT2D eigenvalue weighted by molar-refractivity contribution is 7.80. The van der Waals surface area contributed by atoms with Gasteiger partial charge in [-0.1, -0.05) is 23.8 Å². The van der Waals surface area contributed by atoms with Crippen LogP contribution in [0.1, 0.15) is 36.2 Å². The van der Waals surface area contributed by atoms with Gasteiger partial charge in [0, 0.05) is 17.4 Å². The Bertz CT molecular complexity index is 974. The molecule has 0 saturated carbocycles. The number of benzene rings is 1. The first-order valence-corrected chi connectivity index (χ1v) is 9.96. The number of pyridine rings is 1. The predicted molar refractivity (Wildman–Crippen MR) is 109 cm³/mol. The van der Waals surface area contributed by atoms with Crippen molar-refractivity contribution in [2.45, 2.75) is 37.3 Å². The zero-order valence-electron chi connectivity index (χ0n) is 15.6. The van der Waals surface area contributed by atoms with Crippen LogP contribution in [-0.2, 0) is 16.7 Å². The molecule has 1 aliphatic carbocycles. The molecule has 9 heteroatoms.